The standard InChI is InChI=1S/C23H24ClNO4/c1-15-8-9-17-16(2)18(23(27)29-21(17)14-15)10-11-22(26)25(3)12-13-28-20-7-5-4-6-19(20)24/h4-9,14H,10-13H2,1-3H3. The van der Waals surface area contributed by atoms with E-state index in [0.29, 0.717) is 41.5 Å². The zero-order chi connectivity index (χ0) is 21.0. The van der Waals surface area contributed by atoms with Gasteiger partial charge in [0.1, 0.15) is 17.9 Å². The highest BCUT2D eigenvalue weighted by molar-refractivity contribution is 6.32. The van der Waals surface area contributed by atoms with Gasteiger partial charge in [-0.3, -0.25) is 4.79 Å². The minimum Gasteiger partial charge on any atom is -0.490 e. The number of nitrogens with zero attached hydrogens (tertiary/aromatic N) is 1. The van der Waals surface area contributed by atoms with Crippen LogP contribution in [0.2, 0.25) is 5.02 Å². The second-order valence-corrected chi connectivity index (χ2v) is 7.49. The van der Waals surface area contributed by atoms with Gasteiger partial charge in [-0.2, -0.15) is 0 Å². The first kappa shape index (κ1) is 20.9. The first-order valence-corrected chi connectivity index (χ1v) is 9.89. The van der Waals surface area contributed by atoms with Gasteiger partial charge in [0.25, 0.3) is 0 Å². The maximum Gasteiger partial charge on any atom is 0.339 e. The average molecular weight is 414 g/mol. The number of hydrogen-bond donors (Lipinski definition) is 0. The van der Waals surface area contributed by atoms with Gasteiger partial charge in [-0.05, 0) is 49.6 Å². The molecule has 6 heteroatoms. The van der Waals surface area contributed by atoms with E-state index in [2.05, 4.69) is 0 Å². The summed E-state index contributed by atoms with van der Waals surface area (Å²) in [7, 11) is 1.72. The Kier molecular flexibility index (Phi) is 6.60. The molecule has 0 saturated heterocycles. The molecule has 1 aromatic heterocycles. The monoisotopic (exact) mass is 413 g/mol. The van der Waals surface area contributed by atoms with Crippen molar-refractivity contribution in [3.8, 4) is 5.75 Å². The van der Waals surface area contributed by atoms with Crippen LogP contribution < -0.4 is 10.4 Å². The molecule has 0 spiro atoms. The van der Waals surface area contributed by atoms with Crippen LogP contribution in [0.25, 0.3) is 11.0 Å². The van der Waals surface area contributed by atoms with Crippen molar-refractivity contribution in [2.24, 2.45) is 0 Å². The molecule has 0 aliphatic rings. The molecule has 0 unspecified atom stereocenters. The van der Waals surface area contributed by atoms with E-state index in [1.165, 1.54) is 0 Å². The molecule has 0 atom stereocenters. The van der Waals surface area contributed by atoms with Crippen molar-refractivity contribution in [3.63, 3.8) is 0 Å². The molecule has 0 fully saturated rings. The molecule has 0 N–H and O–H groups in total. The highest BCUT2D eigenvalue weighted by Gasteiger charge is 2.15. The molecule has 1 amide bonds. The van der Waals surface area contributed by atoms with Crippen LogP contribution >= 0.6 is 11.6 Å². The van der Waals surface area contributed by atoms with Crippen molar-refractivity contribution in [2.75, 3.05) is 20.2 Å². The topological polar surface area (TPSA) is 59.8 Å². The summed E-state index contributed by atoms with van der Waals surface area (Å²) in [5, 5.41) is 1.44. The lowest BCUT2D eigenvalue weighted by Crippen LogP contribution is -2.31. The zero-order valence-electron chi connectivity index (χ0n) is 16.8. The van der Waals surface area contributed by atoms with Crippen molar-refractivity contribution in [1.29, 1.82) is 0 Å². The second kappa shape index (κ2) is 9.14. The Morgan fingerprint density at radius 1 is 1.17 bits per heavy atom. The lowest BCUT2D eigenvalue weighted by Gasteiger charge is -2.18. The molecular formula is C23H24ClNO4. The molecule has 0 radical (unpaired) electrons. The second-order valence-electron chi connectivity index (χ2n) is 7.09. The highest BCUT2D eigenvalue weighted by atomic mass is 35.5. The van der Waals surface area contributed by atoms with Crippen LogP contribution in [0.5, 0.6) is 5.75 Å². The van der Waals surface area contributed by atoms with Gasteiger partial charge >= 0.3 is 5.63 Å². The van der Waals surface area contributed by atoms with Crippen LogP contribution in [0.15, 0.2) is 51.7 Å². The Hall–Kier alpha value is -2.79. The van der Waals surface area contributed by atoms with Gasteiger partial charge < -0.3 is 14.1 Å². The predicted octanol–water partition coefficient (Wildman–Crippen LogP) is 4.53. The molecule has 0 saturated carbocycles. The molecule has 29 heavy (non-hydrogen) atoms. The van der Waals surface area contributed by atoms with Crippen LogP contribution in [0, 0.1) is 13.8 Å². The number of rotatable bonds is 7. The van der Waals surface area contributed by atoms with E-state index in [4.69, 9.17) is 20.8 Å². The van der Waals surface area contributed by atoms with Gasteiger partial charge in [0.15, 0.2) is 0 Å². The van der Waals surface area contributed by atoms with Gasteiger partial charge in [-0.1, -0.05) is 35.9 Å². The molecule has 152 valence electrons. The quantitative estimate of drug-likeness (QED) is 0.534. The minimum absolute atomic E-state index is 0.0597. The van der Waals surface area contributed by atoms with E-state index < -0.39 is 0 Å². The fourth-order valence-electron chi connectivity index (χ4n) is 3.19. The molecule has 0 bridgehead atoms. The van der Waals surface area contributed by atoms with Crippen molar-refractivity contribution >= 4 is 28.5 Å². The fraction of sp³-hybridized carbons (Fsp3) is 0.304. The summed E-state index contributed by atoms with van der Waals surface area (Å²) in [6, 6.07) is 13.0. The largest absolute Gasteiger partial charge is 0.490 e. The number of benzene rings is 2. The molecule has 2 aromatic carbocycles. The van der Waals surface area contributed by atoms with Gasteiger partial charge in [0.2, 0.25) is 5.91 Å². The van der Waals surface area contributed by atoms with Gasteiger partial charge in [0, 0.05) is 24.4 Å². The summed E-state index contributed by atoms with van der Waals surface area (Å²) in [5.41, 5.74) is 2.65. The van der Waals surface area contributed by atoms with Crippen LogP contribution in [-0.4, -0.2) is 31.0 Å². The van der Waals surface area contributed by atoms with E-state index in [0.717, 1.165) is 16.5 Å². The Bertz CT molecular complexity index is 1090. The van der Waals surface area contributed by atoms with Crippen molar-refractivity contribution < 1.29 is 13.9 Å². The smallest absolute Gasteiger partial charge is 0.339 e. The van der Waals surface area contributed by atoms with Crippen LogP contribution in [0.1, 0.15) is 23.1 Å². The number of hydrogen-bond acceptors (Lipinski definition) is 4. The zero-order valence-corrected chi connectivity index (χ0v) is 17.6. The summed E-state index contributed by atoms with van der Waals surface area (Å²) in [6.07, 6.45) is 0.568. The molecular weight excluding hydrogens is 390 g/mol. The lowest BCUT2D eigenvalue weighted by molar-refractivity contribution is -0.130. The summed E-state index contributed by atoms with van der Waals surface area (Å²) >= 11 is 6.06. The third-order valence-corrected chi connectivity index (χ3v) is 5.29. The maximum atomic E-state index is 12.5. The number of para-hydroxylation sites is 1. The van der Waals surface area contributed by atoms with E-state index in [1.807, 2.05) is 44.2 Å². The SMILES string of the molecule is Cc1ccc2c(C)c(CCC(=O)N(C)CCOc3ccccc3Cl)c(=O)oc2c1. The summed E-state index contributed by atoms with van der Waals surface area (Å²) < 4.78 is 11.1. The molecule has 5 nitrogen and oxygen atoms in total. The van der Waals surface area contributed by atoms with Crippen molar-refractivity contribution in [2.45, 2.75) is 26.7 Å². The van der Waals surface area contributed by atoms with E-state index >= 15 is 0 Å². The number of carbonyl (C=O) groups excluding carboxylic acids is 1. The number of ether oxygens (including phenoxy) is 1. The Labute approximate surface area is 174 Å². The molecule has 3 aromatic rings. The predicted molar refractivity (Wildman–Crippen MR) is 115 cm³/mol. The van der Waals surface area contributed by atoms with E-state index in [9.17, 15) is 9.59 Å². The van der Waals surface area contributed by atoms with Crippen molar-refractivity contribution in [1.82, 2.24) is 4.90 Å². The number of amides is 1. The maximum absolute atomic E-state index is 12.5. The Balaban J connectivity index is 1.59. The summed E-state index contributed by atoms with van der Waals surface area (Å²) in [4.78, 5) is 26.4. The molecule has 3 rings (SSSR count). The van der Waals surface area contributed by atoms with E-state index in [1.54, 1.807) is 24.1 Å². The van der Waals surface area contributed by atoms with Crippen LogP contribution in [0.4, 0.5) is 0 Å². The Morgan fingerprint density at radius 2 is 1.93 bits per heavy atom. The number of halogens is 1. The number of aryl methyl sites for hydroxylation is 2. The lowest BCUT2D eigenvalue weighted by atomic mass is 10.0. The first-order valence-electron chi connectivity index (χ1n) is 9.51. The third kappa shape index (κ3) is 4.98. The molecule has 0 aliphatic heterocycles. The molecule has 1 heterocycles. The molecule has 0 aliphatic carbocycles. The van der Waals surface area contributed by atoms with Crippen molar-refractivity contribution in [3.05, 3.63) is 74.6 Å². The van der Waals surface area contributed by atoms with Gasteiger partial charge in [-0.25, -0.2) is 4.79 Å². The van der Waals surface area contributed by atoms with Crippen LogP contribution in [0.3, 0.4) is 0 Å². The number of carbonyl (C=O) groups is 1. The van der Waals surface area contributed by atoms with Gasteiger partial charge in [-0.15, -0.1) is 0 Å². The van der Waals surface area contributed by atoms with E-state index in [-0.39, 0.29) is 18.0 Å². The summed E-state index contributed by atoms with van der Waals surface area (Å²) in [6.45, 7) is 4.61. The average Bonchev–Trinajstić information content (AvgIpc) is 2.68. The third-order valence-electron chi connectivity index (χ3n) is 4.98. The normalized spacial score (nSPS) is 10.9. The highest BCUT2D eigenvalue weighted by Crippen LogP contribution is 2.23. The number of fused-ring (bicyclic) bond motifs is 1. The first-order chi connectivity index (χ1) is 13.9. The number of likely N-dealkylation sites (N-methyl/N-ethyl adjacent to an activating group) is 1. The summed E-state index contributed by atoms with van der Waals surface area (Å²) in [5.74, 6) is 0.533. The minimum atomic E-state index is -0.377. The van der Waals surface area contributed by atoms with Gasteiger partial charge in [0.05, 0.1) is 11.6 Å². The fourth-order valence-corrected chi connectivity index (χ4v) is 3.38. The Morgan fingerprint density at radius 3 is 2.69 bits per heavy atom. The van der Waals surface area contributed by atoms with Crippen LogP contribution in [-0.2, 0) is 11.2 Å².